The van der Waals surface area contributed by atoms with Crippen LogP contribution < -0.4 is 16.0 Å². The lowest BCUT2D eigenvalue weighted by Gasteiger charge is -2.31. The molecule has 1 aliphatic rings. The first kappa shape index (κ1) is 16.2. The van der Waals surface area contributed by atoms with Gasteiger partial charge in [-0.25, -0.2) is 5.84 Å². The summed E-state index contributed by atoms with van der Waals surface area (Å²) in [5.74, 6) is 6.70. The van der Waals surface area contributed by atoms with Crippen molar-refractivity contribution < 1.29 is 4.74 Å². The molecule has 4 nitrogen and oxygen atoms in total. The van der Waals surface area contributed by atoms with Crippen LogP contribution in [0.2, 0.25) is 0 Å². The maximum Gasteiger partial charge on any atom is 0.118 e. The molecule has 5 heteroatoms. The summed E-state index contributed by atoms with van der Waals surface area (Å²) in [6, 6.07) is 8.37. The van der Waals surface area contributed by atoms with E-state index in [2.05, 4.69) is 31.4 Å². The number of hydrogen-bond acceptors (Lipinski definition) is 5. The zero-order valence-corrected chi connectivity index (χ0v) is 13.9. The molecule has 1 aliphatic heterocycles. The summed E-state index contributed by atoms with van der Waals surface area (Å²) >= 11 is 1.57. The number of hydrogen-bond donors (Lipinski definition) is 2. The van der Waals surface area contributed by atoms with E-state index in [9.17, 15) is 0 Å². The summed E-state index contributed by atoms with van der Waals surface area (Å²) in [5.41, 5.74) is 4.33. The summed E-state index contributed by atoms with van der Waals surface area (Å²) in [4.78, 5) is 1.26. The highest BCUT2D eigenvalue weighted by molar-refractivity contribution is 8.01. The van der Waals surface area contributed by atoms with Crippen LogP contribution in [-0.4, -0.2) is 11.6 Å². The summed E-state index contributed by atoms with van der Waals surface area (Å²) in [6.45, 7) is 4.53. The maximum absolute atomic E-state index is 5.81. The standard InChI is InChI=1S/C16H25N3OS/c1-4-5-6-11-16(2,15-12-18-19(17)21-15)13-7-9-14(20-3)10-8-13/h7-10,12,18H,4-6,11,17H2,1-3H3. The molecule has 0 fully saturated rings. The maximum atomic E-state index is 5.81. The molecule has 1 aromatic carbocycles. The molecule has 1 atom stereocenters. The van der Waals surface area contributed by atoms with E-state index < -0.39 is 0 Å². The molecule has 1 heterocycles. The van der Waals surface area contributed by atoms with Gasteiger partial charge in [0.1, 0.15) is 5.75 Å². The Morgan fingerprint density at radius 2 is 2.00 bits per heavy atom. The first-order chi connectivity index (χ1) is 10.1. The molecule has 116 valence electrons. The second-order valence-corrected chi connectivity index (χ2v) is 6.59. The van der Waals surface area contributed by atoms with E-state index in [4.69, 9.17) is 10.6 Å². The molecule has 3 N–H and O–H groups in total. The summed E-state index contributed by atoms with van der Waals surface area (Å²) in [5, 5.41) is 0. The SMILES string of the molecule is CCCCCC(C)(C1=CNN(N)S1)c1ccc(OC)cc1. The monoisotopic (exact) mass is 307 g/mol. The van der Waals surface area contributed by atoms with Crippen molar-refractivity contribution in [3.8, 4) is 5.75 Å². The second kappa shape index (κ2) is 7.20. The predicted octanol–water partition coefficient (Wildman–Crippen LogP) is 3.72. The number of unbranched alkanes of at least 4 members (excludes halogenated alkanes) is 2. The molecule has 1 aromatic rings. The Labute approximate surface area is 131 Å². The fourth-order valence-electron chi connectivity index (χ4n) is 2.64. The Balaban J connectivity index is 2.25. The van der Waals surface area contributed by atoms with Gasteiger partial charge in [0.05, 0.1) is 7.11 Å². The highest BCUT2D eigenvalue weighted by atomic mass is 32.2. The van der Waals surface area contributed by atoms with Crippen LogP contribution in [0.25, 0.3) is 0 Å². The first-order valence-corrected chi connectivity index (χ1v) is 8.21. The van der Waals surface area contributed by atoms with Gasteiger partial charge in [-0.1, -0.05) is 49.8 Å². The van der Waals surface area contributed by atoms with Crippen molar-refractivity contribution in [3.05, 3.63) is 40.9 Å². The average molecular weight is 307 g/mol. The minimum Gasteiger partial charge on any atom is -0.497 e. The minimum absolute atomic E-state index is 0.0206. The van der Waals surface area contributed by atoms with Crippen molar-refractivity contribution in [2.45, 2.75) is 44.9 Å². The zero-order valence-electron chi connectivity index (χ0n) is 13.1. The fourth-order valence-corrected chi connectivity index (χ4v) is 3.48. The number of rotatable bonds is 7. The largest absolute Gasteiger partial charge is 0.497 e. The van der Waals surface area contributed by atoms with Crippen molar-refractivity contribution in [2.75, 3.05) is 7.11 Å². The molecule has 0 radical (unpaired) electrons. The van der Waals surface area contributed by atoms with Gasteiger partial charge < -0.3 is 10.2 Å². The Hall–Kier alpha value is -1.17. The van der Waals surface area contributed by atoms with Crippen LogP contribution in [0.4, 0.5) is 0 Å². The van der Waals surface area contributed by atoms with Crippen molar-refractivity contribution in [3.63, 3.8) is 0 Å². The molecule has 0 aromatic heterocycles. The molecular formula is C16H25N3OS. The van der Waals surface area contributed by atoms with Gasteiger partial charge in [0.25, 0.3) is 0 Å². The van der Waals surface area contributed by atoms with Crippen LogP contribution in [0.3, 0.4) is 0 Å². The lowest BCUT2D eigenvalue weighted by molar-refractivity contribution is 0.414. The molecule has 0 aliphatic carbocycles. The van der Waals surface area contributed by atoms with E-state index in [0.29, 0.717) is 0 Å². The Morgan fingerprint density at radius 1 is 1.29 bits per heavy atom. The van der Waals surface area contributed by atoms with E-state index in [1.54, 1.807) is 23.6 Å². The average Bonchev–Trinajstić information content (AvgIpc) is 2.94. The predicted molar refractivity (Wildman–Crippen MR) is 89.3 cm³/mol. The van der Waals surface area contributed by atoms with Crippen LogP contribution in [-0.2, 0) is 5.41 Å². The normalized spacial score (nSPS) is 18.0. The summed E-state index contributed by atoms with van der Waals surface area (Å²) in [6.07, 6.45) is 6.82. The van der Waals surface area contributed by atoms with Crippen molar-refractivity contribution in [2.24, 2.45) is 5.84 Å². The van der Waals surface area contributed by atoms with E-state index in [-0.39, 0.29) is 5.41 Å². The van der Waals surface area contributed by atoms with Gasteiger partial charge in [0, 0.05) is 16.5 Å². The lowest BCUT2D eigenvalue weighted by atomic mass is 9.77. The smallest absolute Gasteiger partial charge is 0.118 e. The van der Waals surface area contributed by atoms with Crippen LogP contribution in [0.1, 0.15) is 45.1 Å². The van der Waals surface area contributed by atoms with Gasteiger partial charge in [-0.2, -0.15) is 0 Å². The number of allylic oxidation sites excluding steroid dienone is 1. The quantitative estimate of drug-likeness (QED) is 0.457. The highest BCUT2D eigenvalue weighted by Crippen LogP contribution is 2.44. The van der Waals surface area contributed by atoms with Gasteiger partial charge in [0.2, 0.25) is 0 Å². The van der Waals surface area contributed by atoms with Gasteiger partial charge in [-0.15, -0.1) is 0 Å². The third kappa shape index (κ3) is 3.73. The zero-order chi connectivity index (χ0) is 15.3. The number of nitrogens with two attached hydrogens (primary N) is 1. The fraction of sp³-hybridized carbons (Fsp3) is 0.500. The van der Waals surface area contributed by atoms with Crippen molar-refractivity contribution >= 4 is 11.9 Å². The molecule has 0 bridgehead atoms. The van der Waals surface area contributed by atoms with E-state index in [1.165, 1.54) is 29.7 Å². The molecule has 0 amide bonds. The molecular weight excluding hydrogens is 282 g/mol. The second-order valence-electron chi connectivity index (χ2n) is 5.57. The lowest BCUT2D eigenvalue weighted by Crippen LogP contribution is -2.30. The Morgan fingerprint density at radius 3 is 2.52 bits per heavy atom. The van der Waals surface area contributed by atoms with E-state index >= 15 is 0 Å². The first-order valence-electron chi connectivity index (χ1n) is 7.44. The van der Waals surface area contributed by atoms with Crippen molar-refractivity contribution in [1.29, 1.82) is 0 Å². The Bertz CT molecular complexity index is 489. The number of ether oxygens (including phenoxy) is 1. The number of nitrogens with zero attached hydrogens (tertiary/aromatic N) is 1. The summed E-state index contributed by atoms with van der Waals surface area (Å²) in [7, 11) is 1.70. The number of methoxy groups -OCH3 is 1. The van der Waals surface area contributed by atoms with Gasteiger partial charge in [-0.05, 0) is 36.1 Å². The topological polar surface area (TPSA) is 50.5 Å². The van der Waals surface area contributed by atoms with Gasteiger partial charge in [-0.3, -0.25) is 0 Å². The summed E-state index contributed by atoms with van der Waals surface area (Å²) < 4.78 is 6.82. The molecule has 0 saturated carbocycles. The molecule has 21 heavy (non-hydrogen) atoms. The Kier molecular flexibility index (Phi) is 5.56. The van der Waals surface area contributed by atoms with E-state index in [0.717, 1.165) is 12.2 Å². The molecule has 0 spiro atoms. The molecule has 1 unspecified atom stereocenters. The highest BCUT2D eigenvalue weighted by Gasteiger charge is 2.34. The number of nitrogens with one attached hydrogen (secondary N) is 1. The van der Waals surface area contributed by atoms with Gasteiger partial charge in [0.15, 0.2) is 0 Å². The molecule has 2 rings (SSSR count). The van der Waals surface area contributed by atoms with Crippen LogP contribution in [0.15, 0.2) is 35.4 Å². The van der Waals surface area contributed by atoms with E-state index in [1.807, 2.05) is 18.3 Å². The third-order valence-electron chi connectivity index (χ3n) is 4.07. The van der Waals surface area contributed by atoms with Crippen LogP contribution in [0.5, 0.6) is 5.75 Å². The van der Waals surface area contributed by atoms with Crippen LogP contribution in [0, 0.1) is 0 Å². The number of hydrazine groups is 2. The number of benzene rings is 1. The van der Waals surface area contributed by atoms with Crippen LogP contribution >= 0.6 is 11.9 Å². The third-order valence-corrected chi connectivity index (χ3v) is 5.14. The van der Waals surface area contributed by atoms with Crippen molar-refractivity contribution in [1.82, 2.24) is 9.95 Å². The molecule has 0 saturated heterocycles. The van der Waals surface area contributed by atoms with Gasteiger partial charge >= 0.3 is 0 Å². The minimum atomic E-state index is -0.0206.